The standard InChI is InChI=1S/C6H4ClN5O2/c7-12-2-9-3-1-8-5(10-4(3)12)11-6(13)14/h1-2H,(H,13,14)(H,8,10,11). The van der Waals surface area contributed by atoms with Crippen molar-refractivity contribution in [2.75, 3.05) is 5.32 Å². The average Bonchev–Trinajstić information content (AvgIpc) is 2.47. The van der Waals surface area contributed by atoms with Gasteiger partial charge in [0.25, 0.3) is 0 Å². The molecular formula is C6H4ClN5O2. The molecule has 2 rings (SSSR count). The summed E-state index contributed by atoms with van der Waals surface area (Å²) in [5.74, 6) is -0.0348. The molecule has 2 aromatic rings. The highest BCUT2D eigenvalue weighted by Crippen LogP contribution is 2.11. The van der Waals surface area contributed by atoms with Gasteiger partial charge in [-0.05, 0) is 0 Å². The molecule has 14 heavy (non-hydrogen) atoms. The van der Waals surface area contributed by atoms with Gasteiger partial charge in [-0.2, -0.15) is 4.98 Å². The molecular weight excluding hydrogens is 210 g/mol. The molecule has 0 radical (unpaired) electrons. The lowest BCUT2D eigenvalue weighted by Gasteiger charge is -1.97. The molecule has 0 aliphatic carbocycles. The quantitative estimate of drug-likeness (QED) is 0.735. The lowest BCUT2D eigenvalue weighted by atomic mass is 10.6. The topological polar surface area (TPSA) is 92.9 Å². The van der Waals surface area contributed by atoms with Crippen LogP contribution in [0.1, 0.15) is 0 Å². The van der Waals surface area contributed by atoms with Gasteiger partial charge in [-0.15, -0.1) is 0 Å². The Balaban J connectivity index is 2.49. The number of carbonyl (C=O) groups is 1. The molecule has 1 amide bonds. The number of hydrogen-bond acceptors (Lipinski definition) is 4. The molecule has 0 saturated carbocycles. The number of hydrogen-bond donors (Lipinski definition) is 2. The minimum Gasteiger partial charge on any atom is -0.465 e. The van der Waals surface area contributed by atoms with Crippen molar-refractivity contribution in [3.8, 4) is 0 Å². The Hall–Kier alpha value is -1.89. The van der Waals surface area contributed by atoms with Gasteiger partial charge in [-0.1, -0.05) is 0 Å². The van der Waals surface area contributed by atoms with Crippen molar-refractivity contribution in [1.29, 1.82) is 0 Å². The molecule has 2 aromatic heterocycles. The molecule has 0 aliphatic rings. The number of imidazole rings is 1. The normalized spacial score (nSPS) is 10.4. The summed E-state index contributed by atoms with van der Waals surface area (Å²) in [6, 6.07) is 0. The lowest BCUT2D eigenvalue weighted by molar-refractivity contribution is 0.209. The van der Waals surface area contributed by atoms with Crippen molar-refractivity contribution in [3.05, 3.63) is 12.5 Å². The number of aromatic nitrogens is 4. The minimum atomic E-state index is -1.23. The molecule has 72 valence electrons. The third-order valence-electron chi connectivity index (χ3n) is 1.47. The predicted octanol–water partition coefficient (Wildman–Crippen LogP) is 0.918. The zero-order valence-corrected chi connectivity index (χ0v) is 7.43. The summed E-state index contributed by atoms with van der Waals surface area (Å²) in [5.41, 5.74) is 0.848. The van der Waals surface area contributed by atoms with Gasteiger partial charge in [0, 0.05) is 11.8 Å². The third-order valence-corrected chi connectivity index (χ3v) is 1.72. The molecule has 0 saturated heterocycles. The van der Waals surface area contributed by atoms with E-state index in [9.17, 15) is 4.79 Å². The highest BCUT2D eigenvalue weighted by atomic mass is 35.5. The second kappa shape index (κ2) is 3.11. The van der Waals surface area contributed by atoms with Crippen LogP contribution in [0, 0.1) is 0 Å². The Labute approximate surface area is 82.5 Å². The third kappa shape index (κ3) is 1.44. The van der Waals surface area contributed by atoms with Gasteiger partial charge in [0.05, 0.1) is 6.20 Å². The van der Waals surface area contributed by atoms with Gasteiger partial charge < -0.3 is 5.11 Å². The Morgan fingerprint density at radius 2 is 2.36 bits per heavy atom. The summed E-state index contributed by atoms with van der Waals surface area (Å²) in [6.45, 7) is 0. The Morgan fingerprint density at radius 3 is 3.07 bits per heavy atom. The second-order valence-electron chi connectivity index (χ2n) is 2.39. The van der Waals surface area contributed by atoms with Crippen molar-refractivity contribution in [3.63, 3.8) is 0 Å². The van der Waals surface area contributed by atoms with Crippen LogP contribution < -0.4 is 5.32 Å². The van der Waals surface area contributed by atoms with Crippen LogP contribution in [0.25, 0.3) is 11.2 Å². The first-order valence-electron chi connectivity index (χ1n) is 3.53. The molecule has 2 heterocycles. The summed E-state index contributed by atoms with van der Waals surface area (Å²) in [6.07, 6.45) is 1.50. The molecule has 7 nitrogen and oxygen atoms in total. The van der Waals surface area contributed by atoms with Crippen LogP contribution in [0.3, 0.4) is 0 Å². The zero-order valence-electron chi connectivity index (χ0n) is 6.68. The van der Waals surface area contributed by atoms with Gasteiger partial charge in [0.15, 0.2) is 5.65 Å². The molecule has 0 unspecified atom stereocenters. The van der Waals surface area contributed by atoms with Crippen LogP contribution >= 0.6 is 11.8 Å². The van der Waals surface area contributed by atoms with Crippen LogP contribution in [-0.2, 0) is 0 Å². The van der Waals surface area contributed by atoms with E-state index in [-0.39, 0.29) is 5.95 Å². The van der Waals surface area contributed by atoms with Gasteiger partial charge in [0.1, 0.15) is 11.8 Å². The number of fused-ring (bicyclic) bond motifs is 1. The number of nitrogens with zero attached hydrogens (tertiary/aromatic N) is 4. The van der Waals surface area contributed by atoms with E-state index >= 15 is 0 Å². The van der Waals surface area contributed by atoms with E-state index in [1.165, 1.54) is 12.5 Å². The summed E-state index contributed by atoms with van der Waals surface area (Å²) in [5, 5.41) is 10.4. The predicted molar refractivity (Wildman–Crippen MR) is 48.2 cm³/mol. The SMILES string of the molecule is O=C(O)Nc1ncc2ncn(Cl)c2n1. The van der Waals surface area contributed by atoms with Gasteiger partial charge in [0.2, 0.25) is 5.95 Å². The summed E-state index contributed by atoms with van der Waals surface area (Å²) < 4.78 is 1.16. The molecule has 0 bridgehead atoms. The van der Waals surface area contributed by atoms with Gasteiger partial charge in [-0.25, -0.2) is 18.8 Å². The van der Waals surface area contributed by atoms with Crippen LogP contribution in [0.15, 0.2) is 12.5 Å². The fourth-order valence-corrected chi connectivity index (χ4v) is 1.11. The summed E-state index contributed by atoms with van der Waals surface area (Å²) in [4.78, 5) is 21.7. The van der Waals surface area contributed by atoms with Crippen LogP contribution in [0.2, 0.25) is 0 Å². The maximum Gasteiger partial charge on any atom is 0.411 e. The Morgan fingerprint density at radius 1 is 1.57 bits per heavy atom. The monoisotopic (exact) mass is 213 g/mol. The molecule has 8 heteroatoms. The molecule has 0 aromatic carbocycles. The number of amides is 1. The smallest absolute Gasteiger partial charge is 0.411 e. The van der Waals surface area contributed by atoms with Crippen molar-refractivity contribution in [2.24, 2.45) is 0 Å². The molecule has 2 N–H and O–H groups in total. The van der Waals surface area contributed by atoms with Crippen molar-refractivity contribution in [2.45, 2.75) is 0 Å². The second-order valence-corrected chi connectivity index (χ2v) is 2.75. The Kier molecular flexibility index (Phi) is 1.93. The van der Waals surface area contributed by atoms with Crippen molar-refractivity contribution in [1.82, 2.24) is 19.0 Å². The number of carboxylic acid groups (broad SMARTS) is 1. The fourth-order valence-electron chi connectivity index (χ4n) is 0.938. The van der Waals surface area contributed by atoms with E-state index in [4.69, 9.17) is 16.9 Å². The number of nitrogens with one attached hydrogen (secondary N) is 1. The summed E-state index contributed by atoms with van der Waals surface area (Å²) in [7, 11) is 0. The molecule has 0 aliphatic heterocycles. The number of anilines is 1. The molecule has 0 fully saturated rings. The van der Waals surface area contributed by atoms with Gasteiger partial charge >= 0.3 is 6.09 Å². The lowest BCUT2D eigenvalue weighted by Crippen LogP contribution is -2.10. The number of rotatable bonds is 1. The first kappa shape index (κ1) is 8.70. The Bertz CT molecular complexity index is 496. The van der Waals surface area contributed by atoms with Crippen molar-refractivity contribution < 1.29 is 9.90 Å². The number of halogens is 1. The fraction of sp³-hybridized carbons (Fsp3) is 0. The first-order chi connectivity index (χ1) is 6.66. The van der Waals surface area contributed by atoms with E-state index in [1.54, 1.807) is 0 Å². The molecule has 0 atom stereocenters. The highest BCUT2D eigenvalue weighted by molar-refractivity contribution is 6.18. The highest BCUT2D eigenvalue weighted by Gasteiger charge is 2.06. The van der Waals surface area contributed by atoms with Crippen LogP contribution in [-0.4, -0.2) is 30.2 Å². The maximum absolute atomic E-state index is 10.3. The van der Waals surface area contributed by atoms with Crippen LogP contribution in [0.4, 0.5) is 10.7 Å². The first-order valence-corrected chi connectivity index (χ1v) is 3.87. The van der Waals surface area contributed by atoms with Crippen LogP contribution in [0.5, 0.6) is 0 Å². The molecule has 0 spiro atoms. The van der Waals surface area contributed by atoms with E-state index in [1.807, 2.05) is 5.32 Å². The zero-order chi connectivity index (χ0) is 10.1. The largest absolute Gasteiger partial charge is 0.465 e. The van der Waals surface area contributed by atoms with E-state index in [0.717, 1.165) is 4.09 Å². The van der Waals surface area contributed by atoms with Gasteiger partial charge in [-0.3, -0.25) is 5.32 Å². The van der Waals surface area contributed by atoms with Crippen molar-refractivity contribution >= 4 is 35.0 Å². The van der Waals surface area contributed by atoms with E-state index in [0.29, 0.717) is 11.2 Å². The minimum absolute atomic E-state index is 0.0348. The summed E-state index contributed by atoms with van der Waals surface area (Å²) >= 11 is 5.67. The maximum atomic E-state index is 10.3. The average molecular weight is 214 g/mol. The van der Waals surface area contributed by atoms with E-state index < -0.39 is 6.09 Å². The van der Waals surface area contributed by atoms with E-state index in [2.05, 4.69) is 15.0 Å².